The Bertz CT molecular complexity index is 745. The average molecular weight is 365 g/mol. The van der Waals surface area contributed by atoms with Gasteiger partial charge in [-0.2, -0.15) is 0 Å². The maximum Gasteiger partial charge on any atom is 0.226 e. The summed E-state index contributed by atoms with van der Waals surface area (Å²) >= 11 is 11.9. The van der Waals surface area contributed by atoms with Gasteiger partial charge in [-0.05, 0) is 37.3 Å². The summed E-state index contributed by atoms with van der Waals surface area (Å²) in [5.41, 5.74) is 2.33. The Labute approximate surface area is 151 Å². The molecule has 4 nitrogen and oxygen atoms in total. The number of halogens is 2. The van der Waals surface area contributed by atoms with Gasteiger partial charge in [0, 0.05) is 30.6 Å². The van der Waals surface area contributed by atoms with E-state index in [0.29, 0.717) is 15.7 Å². The Morgan fingerprint density at radius 1 is 1.08 bits per heavy atom. The molecule has 0 unspecified atom stereocenters. The number of hydrogen-bond donors (Lipinski definition) is 1. The Hall–Kier alpha value is -2.04. The summed E-state index contributed by atoms with van der Waals surface area (Å²) in [6.45, 7) is 3.73. The van der Waals surface area contributed by atoms with E-state index < -0.39 is 0 Å². The molecule has 2 amide bonds. The fraction of sp³-hybridized carbons (Fsp3) is 0.222. The van der Waals surface area contributed by atoms with E-state index in [1.807, 2.05) is 31.2 Å². The molecule has 2 aromatic carbocycles. The number of amides is 2. The second kappa shape index (κ2) is 8.18. The molecule has 0 fully saturated rings. The molecule has 2 rings (SSSR count). The van der Waals surface area contributed by atoms with Crippen LogP contribution in [0.2, 0.25) is 10.0 Å². The molecular formula is C18H18Cl2N2O2. The molecule has 0 saturated heterocycles. The van der Waals surface area contributed by atoms with Gasteiger partial charge >= 0.3 is 0 Å². The summed E-state index contributed by atoms with van der Waals surface area (Å²) in [6.07, 6.45) is 0.149. The van der Waals surface area contributed by atoms with Crippen molar-refractivity contribution in [2.24, 2.45) is 0 Å². The van der Waals surface area contributed by atoms with Crippen LogP contribution in [-0.4, -0.2) is 18.4 Å². The van der Waals surface area contributed by atoms with Crippen LogP contribution in [0.3, 0.4) is 0 Å². The molecule has 0 saturated carbocycles. The lowest BCUT2D eigenvalue weighted by molar-refractivity contribution is -0.117. The first kappa shape index (κ1) is 18.3. The maximum absolute atomic E-state index is 12.1. The standard InChI is InChI=1S/C18H18Cl2N2O2/c1-12-3-6-15(7-4-12)22(13(2)23)10-9-18(24)21-17-11-14(19)5-8-16(17)20/h3-8,11H,9-10H2,1-2H3,(H,21,24). The molecule has 24 heavy (non-hydrogen) atoms. The largest absolute Gasteiger partial charge is 0.325 e. The number of nitrogens with one attached hydrogen (secondary N) is 1. The summed E-state index contributed by atoms with van der Waals surface area (Å²) < 4.78 is 0. The molecule has 0 aliphatic heterocycles. The lowest BCUT2D eigenvalue weighted by Gasteiger charge is -2.21. The Morgan fingerprint density at radius 2 is 1.75 bits per heavy atom. The van der Waals surface area contributed by atoms with Crippen LogP contribution >= 0.6 is 23.2 Å². The van der Waals surface area contributed by atoms with Crippen molar-refractivity contribution in [3.05, 3.63) is 58.1 Å². The third kappa shape index (κ3) is 4.98. The number of anilines is 2. The summed E-state index contributed by atoms with van der Waals surface area (Å²) in [4.78, 5) is 25.6. The Morgan fingerprint density at radius 3 is 2.38 bits per heavy atom. The molecule has 0 heterocycles. The predicted molar refractivity (Wildman–Crippen MR) is 98.9 cm³/mol. The second-order valence-electron chi connectivity index (χ2n) is 5.43. The monoisotopic (exact) mass is 364 g/mol. The van der Waals surface area contributed by atoms with Gasteiger partial charge in [0.25, 0.3) is 0 Å². The molecule has 126 valence electrons. The van der Waals surface area contributed by atoms with Crippen LogP contribution in [-0.2, 0) is 9.59 Å². The fourth-order valence-electron chi connectivity index (χ4n) is 2.21. The van der Waals surface area contributed by atoms with E-state index in [2.05, 4.69) is 5.32 Å². The van der Waals surface area contributed by atoms with E-state index in [-0.39, 0.29) is 24.8 Å². The fourth-order valence-corrected chi connectivity index (χ4v) is 2.55. The first-order chi connectivity index (χ1) is 11.4. The van der Waals surface area contributed by atoms with Crippen LogP contribution in [0, 0.1) is 6.92 Å². The molecular weight excluding hydrogens is 347 g/mol. The molecule has 0 atom stereocenters. The van der Waals surface area contributed by atoms with E-state index in [1.54, 1.807) is 23.1 Å². The summed E-state index contributed by atoms with van der Waals surface area (Å²) in [7, 11) is 0. The van der Waals surface area contributed by atoms with Gasteiger partial charge in [-0.15, -0.1) is 0 Å². The number of carbonyl (C=O) groups excluding carboxylic acids is 2. The van der Waals surface area contributed by atoms with Crippen molar-refractivity contribution >= 4 is 46.4 Å². The van der Waals surface area contributed by atoms with Gasteiger partial charge in [-0.3, -0.25) is 9.59 Å². The first-order valence-electron chi connectivity index (χ1n) is 7.46. The molecule has 0 aromatic heterocycles. The normalized spacial score (nSPS) is 10.3. The highest BCUT2D eigenvalue weighted by atomic mass is 35.5. The lowest BCUT2D eigenvalue weighted by Crippen LogP contribution is -2.31. The van der Waals surface area contributed by atoms with Crippen LogP contribution in [0.5, 0.6) is 0 Å². The van der Waals surface area contributed by atoms with Gasteiger partial charge < -0.3 is 10.2 Å². The van der Waals surface area contributed by atoms with Crippen molar-refractivity contribution in [2.45, 2.75) is 20.3 Å². The van der Waals surface area contributed by atoms with Crippen LogP contribution in [0.15, 0.2) is 42.5 Å². The number of rotatable bonds is 5. The topological polar surface area (TPSA) is 49.4 Å². The molecule has 0 aliphatic carbocycles. The Kier molecular flexibility index (Phi) is 6.23. The van der Waals surface area contributed by atoms with Crippen LogP contribution in [0.1, 0.15) is 18.9 Å². The SMILES string of the molecule is CC(=O)N(CCC(=O)Nc1cc(Cl)ccc1Cl)c1ccc(C)cc1. The second-order valence-corrected chi connectivity index (χ2v) is 6.27. The van der Waals surface area contributed by atoms with Gasteiger partial charge in [0.05, 0.1) is 10.7 Å². The highest BCUT2D eigenvalue weighted by molar-refractivity contribution is 6.35. The van der Waals surface area contributed by atoms with Crippen molar-refractivity contribution in [3.8, 4) is 0 Å². The van der Waals surface area contributed by atoms with E-state index in [0.717, 1.165) is 11.3 Å². The van der Waals surface area contributed by atoms with Gasteiger partial charge in [0.15, 0.2) is 0 Å². The zero-order valence-corrected chi connectivity index (χ0v) is 15.0. The third-order valence-electron chi connectivity index (χ3n) is 3.49. The smallest absolute Gasteiger partial charge is 0.226 e. The van der Waals surface area contributed by atoms with Crippen LogP contribution in [0.25, 0.3) is 0 Å². The number of benzene rings is 2. The minimum atomic E-state index is -0.238. The molecule has 0 radical (unpaired) electrons. The number of aryl methyl sites for hydroxylation is 1. The quantitative estimate of drug-likeness (QED) is 0.836. The highest BCUT2D eigenvalue weighted by Crippen LogP contribution is 2.25. The molecule has 6 heteroatoms. The molecule has 0 spiro atoms. The Balaban J connectivity index is 2.01. The number of hydrogen-bond acceptors (Lipinski definition) is 2. The molecule has 1 N–H and O–H groups in total. The van der Waals surface area contributed by atoms with Crippen LogP contribution < -0.4 is 10.2 Å². The van der Waals surface area contributed by atoms with Gasteiger partial charge in [0.1, 0.15) is 0 Å². The van der Waals surface area contributed by atoms with Crippen molar-refractivity contribution < 1.29 is 9.59 Å². The zero-order valence-electron chi connectivity index (χ0n) is 13.5. The summed E-state index contributed by atoms with van der Waals surface area (Å²) in [5, 5.41) is 3.61. The molecule has 0 aliphatic rings. The van der Waals surface area contributed by atoms with Crippen molar-refractivity contribution in [1.82, 2.24) is 0 Å². The molecule has 0 bridgehead atoms. The lowest BCUT2D eigenvalue weighted by atomic mass is 10.2. The van der Waals surface area contributed by atoms with Gasteiger partial charge in [-0.1, -0.05) is 40.9 Å². The molecule has 2 aromatic rings. The van der Waals surface area contributed by atoms with Crippen molar-refractivity contribution in [3.63, 3.8) is 0 Å². The van der Waals surface area contributed by atoms with Gasteiger partial charge in [0.2, 0.25) is 11.8 Å². The van der Waals surface area contributed by atoms with E-state index in [4.69, 9.17) is 23.2 Å². The minimum Gasteiger partial charge on any atom is -0.325 e. The number of nitrogens with zero attached hydrogens (tertiary/aromatic N) is 1. The summed E-state index contributed by atoms with van der Waals surface area (Å²) in [5.74, 6) is -0.357. The zero-order chi connectivity index (χ0) is 17.7. The van der Waals surface area contributed by atoms with E-state index in [9.17, 15) is 9.59 Å². The van der Waals surface area contributed by atoms with E-state index >= 15 is 0 Å². The van der Waals surface area contributed by atoms with Crippen molar-refractivity contribution in [1.29, 1.82) is 0 Å². The van der Waals surface area contributed by atoms with Crippen molar-refractivity contribution in [2.75, 3.05) is 16.8 Å². The third-order valence-corrected chi connectivity index (χ3v) is 4.06. The highest BCUT2D eigenvalue weighted by Gasteiger charge is 2.14. The summed E-state index contributed by atoms with van der Waals surface area (Å²) in [6, 6.07) is 12.4. The maximum atomic E-state index is 12.1. The first-order valence-corrected chi connectivity index (χ1v) is 8.22. The average Bonchev–Trinajstić information content (AvgIpc) is 2.52. The predicted octanol–water partition coefficient (Wildman–Crippen LogP) is 4.68. The van der Waals surface area contributed by atoms with Crippen LogP contribution in [0.4, 0.5) is 11.4 Å². The minimum absolute atomic E-state index is 0.118. The number of carbonyl (C=O) groups is 2. The van der Waals surface area contributed by atoms with Gasteiger partial charge in [-0.25, -0.2) is 0 Å². The van der Waals surface area contributed by atoms with E-state index in [1.165, 1.54) is 6.92 Å².